The standard InChI is InChI=1S/C23H23N3O3S3/c1-3-4-21(27)25-23-26(18-12-32(28,29)13-20(18)31-23)16-8-6-15(7-9-16)22-24-17-10-5-14(2)11-19(17)30-22/h5-11,18,20H,3-4,12-13H2,1-2H3/t18-,20-/m0/s1. The van der Waals surface area contributed by atoms with Crippen molar-refractivity contribution in [1.82, 2.24) is 4.98 Å². The fraction of sp³-hybridized carbons (Fsp3) is 0.348. The zero-order valence-electron chi connectivity index (χ0n) is 17.8. The topological polar surface area (TPSA) is 79.7 Å². The van der Waals surface area contributed by atoms with E-state index in [2.05, 4.69) is 24.0 Å². The number of aliphatic imine (C=N–C) groups is 1. The van der Waals surface area contributed by atoms with Crippen LogP contribution in [0.15, 0.2) is 47.5 Å². The zero-order valence-corrected chi connectivity index (χ0v) is 20.3. The first-order valence-electron chi connectivity index (χ1n) is 10.6. The smallest absolute Gasteiger partial charge is 0.248 e. The van der Waals surface area contributed by atoms with Crippen LogP contribution >= 0.6 is 23.1 Å². The van der Waals surface area contributed by atoms with Gasteiger partial charge in [0.1, 0.15) is 5.01 Å². The molecular formula is C23H23N3O3S3. The van der Waals surface area contributed by atoms with Gasteiger partial charge in [-0.15, -0.1) is 11.3 Å². The molecule has 2 atom stereocenters. The molecule has 0 spiro atoms. The number of thioether (sulfide) groups is 1. The fourth-order valence-electron chi connectivity index (χ4n) is 4.16. The molecule has 32 heavy (non-hydrogen) atoms. The van der Waals surface area contributed by atoms with Crippen LogP contribution in [0, 0.1) is 6.92 Å². The second-order valence-electron chi connectivity index (χ2n) is 8.25. The fourth-order valence-corrected chi connectivity index (χ4v) is 9.16. The highest BCUT2D eigenvalue weighted by Gasteiger charge is 2.49. The lowest BCUT2D eigenvalue weighted by molar-refractivity contribution is -0.117. The molecule has 0 bridgehead atoms. The van der Waals surface area contributed by atoms with Crippen LogP contribution in [-0.4, -0.2) is 47.3 Å². The van der Waals surface area contributed by atoms with Crippen LogP contribution < -0.4 is 4.90 Å². The van der Waals surface area contributed by atoms with Gasteiger partial charge < -0.3 is 4.90 Å². The summed E-state index contributed by atoms with van der Waals surface area (Å²) in [4.78, 5) is 23.2. The number of aromatic nitrogens is 1. The van der Waals surface area contributed by atoms with Crippen molar-refractivity contribution in [3.05, 3.63) is 48.0 Å². The molecule has 2 fully saturated rings. The van der Waals surface area contributed by atoms with Crippen molar-refractivity contribution in [2.24, 2.45) is 4.99 Å². The van der Waals surface area contributed by atoms with Gasteiger partial charge in [0.25, 0.3) is 0 Å². The summed E-state index contributed by atoms with van der Waals surface area (Å²) in [6.07, 6.45) is 1.12. The van der Waals surface area contributed by atoms with E-state index >= 15 is 0 Å². The zero-order chi connectivity index (χ0) is 22.5. The average Bonchev–Trinajstić information content (AvgIpc) is 3.37. The quantitative estimate of drug-likeness (QED) is 0.534. The van der Waals surface area contributed by atoms with Gasteiger partial charge in [-0.1, -0.05) is 24.8 Å². The third kappa shape index (κ3) is 4.09. The van der Waals surface area contributed by atoms with Gasteiger partial charge in [0, 0.05) is 22.9 Å². The number of anilines is 1. The molecule has 0 aliphatic carbocycles. The van der Waals surface area contributed by atoms with E-state index in [9.17, 15) is 13.2 Å². The summed E-state index contributed by atoms with van der Waals surface area (Å²) in [7, 11) is -3.09. The monoisotopic (exact) mass is 485 g/mol. The molecule has 0 unspecified atom stereocenters. The summed E-state index contributed by atoms with van der Waals surface area (Å²) in [6, 6.07) is 14.0. The third-order valence-electron chi connectivity index (χ3n) is 5.69. The van der Waals surface area contributed by atoms with Crippen LogP contribution in [0.25, 0.3) is 20.8 Å². The molecule has 1 aromatic heterocycles. The molecule has 9 heteroatoms. The molecule has 0 saturated carbocycles. The van der Waals surface area contributed by atoms with E-state index in [1.54, 1.807) is 11.3 Å². The molecule has 3 heterocycles. The Labute approximate surface area is 195 Å². The molecule has 5 rings (SSSR count). The van der Waals surface area contributed by atoms with Crippen molar-refractivity contribution in [3.8, 4) is 10.6 Å². The lowest BCUT2D eigenvalue weighted by Gasteiger charge is -2.24. The Morgan fingerprint density at radius 1 is 1.19 bits per heavy atom. The number of thiazole rings is 1. The maximum absolute atomic E-state index is 12.2. The van der Waals surface area contributed by atoms with Gasteiger partial charge in [0.15, 0.2) is 15.0 Å². The van der Waals surface area contributed by atoms with Crippen LogP contribution in [0.1, 0.15) is 25.3 Å². The van der Waals surface area contributed by atoms with E-state index in [1.165, 1.54) is 17.3 Å². The van der Waals surface area contributed by atoms with Crippen molar-refractivity contribution in [3.63, 3.8) is 0 Å². The highest BCUT2D eigenvalue weighted by molar-refractivity contribution is 8.16. The van der Waals surface area contributed by atoms with Crippen LogP contribution in [0.4, 0.5) is 5.69 Å². The van der Waals surface area contributed by atoms with Crippen molar-refractivity contribution >= 4 is 59.9 Å². The SMILES string of the molecule is CCCC(=O)N=C1S[C@H]2CS(=O)(=O)C[C@@H]2N1c1ccc(-c2nc3ccc(C)cc3s2)cc1. The number of amides is 1. The van der Waals surface area contributed by atoms with Crippen LogP contribution in [0.5, 0.6) is 0 Å². The summed E-state index contributed by atoms with van der Waals surface area (Å²) in [5, 5.41) is 1.46. The number of carbonyl (C=O) groups excluding carboxylic acids is 1. The Balaban J connectivity index is 1.48. The molecule has 2 aliphatic rings. The molecule has 0 radical (unpaired) electrons. The van der Waals surface area contributed by atoms with E-state index in [4.69, 9.17) is 4.98 Å². The largest absolute Gasteiger partial charge is 0.316 e. The Morgan fingerprint density at radius 3 is 2.72 bits per heavy atom. The van der Waals surface area contributed by atoms with E-state index in [0.717, 1.165) is 32.9 Å². The predicted molar refractivity (Wildman–Crippen MR) is 133 cm³/mol. The van der Waals surface area contributed by atoms with Gasteiger partial charge in [-0.25, -0.2) is 13.4 Å². The van der Waals surface area contributed by atoms with Crippen molar-refractivity contribution in [2.45, 2.75) is 38.0 Å². The first kappa shape index (κ1) is 21.6. The van der Waals surface area contributed by atoms with E-state index < -0.39 is 9.84 Å². The van der Waals surface area contributed by atoms with Gasteiger partial charge in [-0.3, -0.25) is 4.79 Å². The van der Waals surface area contributed by atoms with Gasteiger partial charge >= 0.3 is 0 Å². The number of hydrogen-bond acceptors (Lipinski definition) is 6. The number of sulfone groups is 1. The van der Waals surface area contributed by atoms with Crippen LogP contribution in [0.3, 0.4) is 0 Å². The van der Waals surface area contributed by atoms with Gasteiger partial charge in [-0.2, -0.15) is 4.99 Å². The number of carbonyl (C=O) groups is 1. The highest BCUT2D eigenvalue weighted by Crippen LogP contribution is 2.41. The molecule has 2 aromatic carbocycles. The Bertz CT molecular complexity index is 1330. The summed E-state index contributed by atoms with van der Waals surface area (Å²) in [5.41, 5.74) is 4.06. The number of amidine groups is 1. The third-order valence-corrected chi connectivity index (χ3v) is 9.96. The summed E-state index contributed by atoms with van der Waals surface area (Å²) >= 11 is 3.07. The average molecular weight is 486 g/mol. The number of hydrogen-bond donors (Lipinski definition) is 0. The number of nitrogens with zero attached hydrogens (tertiary/aromatic N) is 3. The maximum Gasteiger partial charge on any atom is 0.248 e. The predicted octanol–water partition coefficient (Wildman–Crippen LogP) is 4.67. The number of fused-ring (bicyclic) bond motifs is 2. The first-order valence-corrected chi connectivity index (χ1v) is 14.1. The molecule has 0 N–H and O–H groups in total. The maximum atomic E-state index is 12.2. The van der Waals surface area contributed by atoms with Gasteiger partial charge in [0.05, 0.1) is 27.8 Å². The summed E-state index contributed by atoms with van der Waals surface area (Å²) < 4.78 is 25.6. The lowest BCUT2D eigenvalue weighted by Crippen LogP contribution is -2.37. The lowest BCUT2D eigenvalue weighted by atomic mass is 10.1. The highest BCUT2D eigenvalue weighted by atomic mass is 32.2. The van der Waals surface area contributed by atoms with Crippen LogP contribution in [-0.2, 0) is 14.6 Å². The van der Waals surface area contributed by atoms with Gasteiger partial charge in [-0.05, 0) is 55.3 Å². The van der Waals surface area contributed by atoms with Gasteiger partial charge in [0.2, 0.25) is 5.91 Å². The van der Waals surface area contributed by atoms with E-state index in [0.29, 0.717) is 11.6 Å². The number of aryl methyl sites for hydroxylation is 1. The summed E-state index contributed by atoms with van der Waals surface area (Å²) in [5.74, 6) is 0.0532. The molecule has 166 valence electrons. The molecule has 1 amide bonds. The van der Waals surface area contributed by atoms with E-state index in [1.807, 2.05) is 42.2 Å². The molecule has 3 aromatic rings. The second kappa shape index (κ2) is 8.28. The van der Waals surface area contributed by atoms with Crippen molar-refractivity contribution < 1.29 is 13.2 Å². The first-order chi connectivity index (χ1) is 15.3. The Kier molecular flexibility index (Phi) is 5.59. The molecule has 2 saturated heterocycles. The van der Waals surface area contributed by atoms with Crippen molar-refractivity contribution in [1.29, 1.82) is 0 Å². The minimum Gasteiger partial charge on any atom is -0.316 e. The Hall–Kier alpha value is -2.23. The minimum absolute atomic E-state index is 0.0879. The molecular weight excluding hydrogens is 462 g/mol. The molecule has 6 nitrogen and oxygen atoms in total. The Morgan fingerprint density at radius 2 is 1.97 bits per heavy atom. The second-order valence-corrected chi connectivity index (χ2v) is 12.6. The summed E-state index contributed by atoms with van der Waals surface area (Å²) in [6.45, 7) is 4.02. The number of rotatable bonds is 4. The minimum atomic E-state index is -3.09. The molecule has 2 aliphatic heterocycles. The number of benzene rings is 2. The van der Waals surface area contributed by atoms with Crippen LogP contribution in [0.2, 0.25) is 0 Å². The normalized spacial score (nSPS) is 23.2. The van der Waals surface area contributed by atoms with Crippen molar-refractivity contribution in [2.75, 3.05) is 16.4 Å². The van der Waals surface area contributed by atoms with E-state index in [-0.39, 0.29) is 28.7 Å².